The molecule has 1 amide bonds. The van der Waals surface area contributed by atoms with Crippen LogP contribution in [0.5, 0.6) is 0 Å². The molecule has 0 aliphatic carbocycles. The van der Waals surface area contributed by atoms with E-state index < -0.39 is 17.0 Å². The predicted molar refractivity (Wildman–Crippen MR) is 110 cm³/mol. The predicted octanol–water partition coefficient (Wildman–Crippen LogP) is 3.69. The number of hydrogen-bond acceptors (Lipinski definition) is 4. The number of piperidine rings is 1. The first-order valence-corrected chi connectivity index (χ1v) is 9.77. The van der Waals surface area contributed by atoms with E-state index in [0.717, 1.165) is 11.3 Å². The van der Waals surface area contributed by atoms with Crippen LogP contribution in [-0.2, 0) is 14.3 Å². The summed E-state index contributed by atoms with van der Waals surface area (Å²) in [4.78, 5) is 39.2. The molecule has 154 valence electrons. The molecule has 0 unspecified atom stereocenters. The summed E-state index contributed by atoms with van der Waals surface area (Å²) in [6, 6.07) is 9.14. The maximum Gasteiger partial charge on any atom is 0.338 e. The number of rotatable bonds is 4. The van der Waals surface area contributed by atoms with Crippen molar-refractivity contribution in [3.05, 3.63) is 53.9 Å². The topological polar surface area (TPSA) is 68.6 Å². The van der Waals surface area contributed by atoms with Crippen molar-refractivity contribution < 1.29 is 19.1 Å². The Kier molecular flexibility index (Phi) is 5.39. The van der Waals surface area contributed by atoms with Gasteiger partial charge in [0.2, 0.25) is 0 Å². The van der Waals surface area contributed by atoms with Crippen LogP contribution in [0.25, 0.3) is 5.69 Å². The monoisotopic (exact) mass is 396 g/mol. The molecule has 0 atom stereocenters. The Morgan fingerprint density at radius 3 is 2.21 bits per heavy atom. The number of nitrogens with zero attached hydrogens (tertiary/aromatic N) is 2. The molecule has 1 aromatic heterocycles. The number of aromatic nitrogens is 1. The van der Waals surface area contributed by atoms with Gasteiger partial charge in [0.1, 0.15) is 5.78 Å². The second-order valence-corrected chi connectivity index (χ2v) is 8.91. The molecule has 0 radical (unpaired) electrons. The quantitative estimate of drug-likeness (QED) is 0.739. The number of esters is 1. The number of carbonyl (C=O) groups excluding carboxylic acids is 3. The number of carbonyl (C=O) groups is 3. The first-order chi connectivity index (χ1) is 13.5. The first kappa shape index (κ1) is 20.8. The molecule has 1 aliphatic rings. The highest BCUT2D eigenvalue weighted by molar-refractivity contribution is 5.93. The van der Waals surface area contributed by atoms with Gasteiger partial charge in [-0.3, -0.25) is 9.59 Å². The third-order valence-corrected chi connectivity index (χ3v) is 5.37. The molecule has 1 saturated heterocycles. The van der Waals surface area contributed by atoms with Gasteiger partial charge in [0.25, 0.3) is 5.91 Å². The number of benzene rings is 1. The van der Waals surface area contributed by atoms with Crippen LogP contribution in [-0.4, -0.2) is 44.8 Å². The van der Waals surface area contributed by atoms with Crippen LogP contribution in [0.4, 0.5) is 0 Å². The van der Waals surface area contributed by atoms with E-state index in [9.17, 15) is 14.4 Å². The van der Waals surface area contributed by atoms with Gasteiger partial charge in [0.05, 0.1) is 5.56 Å². The van der Waals surface area contributed by atoms with Crippen LogP contribution in [0.1, 0.15) is 56.5 Å². The zero-order chi connectivity index (χ0) is 21.4. The molecule has 0 N–H and O–H groups in total. The summed E-state index contributed by atoms with van der Waals surface area (Å²) >= 11 is 0. The molecular weight excluding hydrogens is 368 g/mol. The van der Waals surface area contributed by atoms with E-state index in [1.165, 1.54) is 0 Å². The Hall–Kier alpha value is -2.89. The standard InChI is InChI=1S/C23H28N2O4/c1-16-8-9-17(12-19(16)24-10-6-7-11-24)21(28)29-15-20(27)25-22(2,3)13-18(26)14-23(25,4)5/h6-12H,13-15H2,1-5H3. The molecule has 2 aromatic rings. The maximum absolute atomic E-state index is 12.9. The van der Waals surface area contributed by atoms with Gasteiger partial charge in [-0.05, 0) is 64.4 Å². The largest absolute Gasteiger partial charge is 0.452 e. The molecule has 6 heteroatoms. The highest BCUT2D eigenvalue weighted by Crippen LogP contribution is 2.36. The average Bonchev–Trinajstić information content (AvgIpc) is 3.11. The number of Topliss-reactive ketones (excluding diaryl/α,β-unsaturated/α-hetero) is 1. The summed E-state index contributed by atoms with van der Waals surface area (Å²) < 4.78 is 7.27. The van der Waals surface area contributed by atoms with Gasteiger partial charge >= 0.3 is 5.97 Å². The van der Waals surface area contributed by atoms with Crippen molar-refractivity contribution >= 4 is 17.7 Å². The second-order valence-electron chi connectivity index (χ2n) is 8.91. The molecule has 3 rings (SSSR count). The van der Waals surface area contributed by atoms with Crippen molar-refractivity contribution in [1.29, 1.82) is 0 Å². The van der Waals surface area contributed by atoms with Crippen molar-refractivity contribution in [1.82, 2.24) is 9.47 Å². The van der Waals surface area contributed by atoms with Crippen LogP contribution in [0.2, 0.25) is 0 Å². The van der Waals surface area contributed by atoms with Crippen LogP contribution in [0.15, 0.2) is 42.7 Å². The Morgan fingerprint density at radius 1 is 1.03 bits per heavy atom. The lowest BCUT2D eigenvalue weighted by atomic mass is 9.79. The van der Waals surface area contributed by atoms with E-state index in [0.29, 0.717) is 18.4 Å². The molecule has 6 nitrogen and oxygen atoms in total. The molecule has 1 fully saturated rings. The summed E-state index contributed by atoms with van der Waals surface area (Å²) in [5.74, 6) is -0.702. The van der Waals surface area contributed by atoms with E-state index in [1.807, 2.05) is 69.8 Å². The lowest BCUT2D eigenvalue weighted by Crippen LogP contribution is -2.63. The second kappa shape index (κ2) is 7.50. The molecular formula is C23H28N2O4. The Balaban J connectivity index is 1.73. The highest BCUT2D eigenvalue weighted by Gasteiger charge is 2.47. The van der Waals surface area contributed by atoms with Crippen LogP contribution >= 0.6 is 0 Å². The minimum absolute atomic E-state index is 0.137. The summed E-state index contributed by atoms with van der Waals surface area (Å²) in [7, 11) is 0. The number of ketones is 1. The van der Waals surface area contributed by atoms with Crippen molar-refractivity contribution in [3.63, 3.8) is 0 Å². The molecule has 1 aliphatic heterocycles. The molecule has 29 heavy (non-hydrogen) atoms. The first-order valence-electron chi connectivity index (χ1n) is 9.77. The summed E-state index contributed by atoms with van der Waals surface area (Å²) in [6.07, 6.45) is 4.41. The minimum Gasteiger partial charge on any atom is -0.452 e. The normalized spacial score (nSPS) is 17.8. The number of hydrogen-bond donors (Lipinski definition) is 0. The number of aryl methyl sites for hydroxylation is 1. The third kappa shape index (κ3) is 4.26. The van der Waals surface area contributed by atoms with E-state index in [2.05, 4.69) is 0 Å². The fourth-order valence-electron chi connectivity index (χ4n) is 4.46. The van der Waals surface area contributed by atoms with Crippen LogP contribution in [0.3, 0.4) is 0 Å². The van der Waals surface area contributed by atoms with Gasteiger partial charge in [-0.25, -0.2) is 4.79 Å². The summed E-state index contributed by atoms with van der Waals surface area (Å²) in [5.41, 5.74) is 1.06. The Labute approximate surface area is 171 Å². The van der Waals surface area contributed by atoms with Gasteiger partial charge in [0, 0.05) is 42.0 Å². The molecule has 0 spiro atoms. The minimum atomic E-state index is -0.617. The molecule has 2 heterocycles. The summed E-state index contributed by atoms with van der Waals surface area (Å²) in [6.45, 7) is 9.09. The lowest BCUT2D eigenvalue weighted by molar-refractivity contribution is -0.156. The van der Waals surface area contributed by atoms with Crippen LogP contribution in [0, 0.1) is 6.92 Å². The average molecular weight is 396 g/mol. The highest BCUT2D eigenvalue weighted by atomic mass is 16.5. The zero-order valence-corrected chi connectivity index (χ0v) is 17.7. The fourth-order valence-corrected chi connectivity index (χ4v) is 4.46. The van der Waals surface area contributed by atoms with Crippen LogP contribution < -0.4 is 0 Å². The van der Waals surface area contributed by atoms with Gasteiger partial charge in [-0.1, -0.05) is 6.07 Å². The smallest absolute Gasteiger partial charge is 0.338 e. The lowest BCUT2D eigenvalue weighted by Gasteiger charge is -2.51. The third-order valence-electron chi connectivity index (χ3n) is 5.37. The molecule has 0 saturated carbocycles. The van der Waals surface area contributed by atoms with E-state index in [4.69, 9.17) is 4.74 Å². The SMILES string of the molecule is Cc1ccc(C(=O)OCC(=O)N2C(C)(C)CC(=O)CC2(C)C)cc1-n1cccc1. The van der Waals surface area contributed by atoms with Gasteiger partial charge in [0.15, 0.2) is 6.61 Å². The van der Waals surface area contributed by atoms with Crippen molar-refractivity contribution in [3.8, 4) is 5.69 Å². The van der Waals surface area contributed by atoms with Gasteiger partial charge < -0.3 is 14.2 Å². The van der Waals surface area contributed by atoms with E-state index in [1.54, 1.807) is 17.0 Å². The summed E-state index contributed by atoms with van der Waals surface area (Å²) in [5, 5.41) is 0. The number of amides is 1. The molecule has 1 aromatic carbocycles. The fraction of sp³-hybridized carbons (Fsp3) is 0.435. The number of likely N-dealkylation sites (tertiary alicyclic amines) is 1. The van der Waals surface area contributed by atoms with Gasteiger partial charge in [-0.15, -0.1) is 0 Å². The Morgan fingerprint density at radius 2 is 1.62 bits per heavy atom. The molecule has 0 bridgehead atoms. The van der Waals surface area contributed by atoms with Crippen molar-refractivity contribution in [2.24, 2.45) is 0 Å². The van der Waals surface area contributed by atoms with Gasteiger partial charge in [-0.2, -0.15) is 0 Å². The Bertz CT molecular complexity index is 922. The van der Waals surface area contributed by atoms with E-state index >= 15 is 0 Å². The van der Waals surface area contributed by atoms with Crippen molar-refractivity contribution in [2.45, 2.75) is 58.5 Å². The van der Waals surface area contributed by atoms with Crippen molar-refractivity contribution in [2.75, 3.05) is 6.61 Å². The zero-order valence-electron chi connectivity index (χ0n) is 17.7. The maximum atomic E-state index is 12.9. The van der Waals surface area contributed by atoms with E-state index in [-0.39, 0.29) is 18.3 Å². The number of ether oxygens (including phenoxy) is 1.